The van der Waals surface area contributed by atoms with Gasteiger partial charge in [-0.05, 0) is 79.7 Å². The fraction of sp³-hybridized carbons (Fsp3) is 0.500. The first-order valence-corrected chi connectivity index (χ1v) is 11.2. The van der Waals surface area contributed by atoms with Gasteiger partial charge in [0.25, 0.3) is 0 Å². The van der Waals surface area contributed by atoms with E-state index >= 15 is 0 Å². The maximum absolute atomic E-state index is 11.6. The molecule has 0 aromatic heterocycles. The predicted octanol–water partition coefficient (Wildman–Crippen LogP) is 6.65. The summed E-state index contributed by atoms with van der Waals surface area (Å²) in [5, 5.41) is 3.06. The van der Waals surface area contributed by atoms with Crippen molar-refractivity contribution >= 4 is 11.6 Å². The van der Waals surface area contributed by atoms with E-state index in [0.717, 1.165) is 18.5 Å². The zero-order valence-electron chi connectivity index (χ0n) is 17.4. The van der Waals surface area contributed by atoms with Crippen LogP contribution in [0.2, 0.25) is 0 Å². The van der Waals surface area contributed by atoms with Crippen LogP contribution in [0, 0.1) is 0 Å². The normalized spacial score (nSPS) is 16.6. The number of benzene rings is 2. The molecule has 4 aliphatic rings. The van der Waals surface area contributed by atoms with Gasteiger partial charge in [0, 0.05) is 12.6 Å². The number of rotatable bonds is 1. The molecule has 0 radical (unpaired) electrons. The van der Waals surface area contributed by atoms with E-state index in [2.05, 4.69) is 47.8 Å². The minimum Gasteiger partial charge on any atom is -0.326 e. The topological polar surface area (TPSA) is 29.1 Å². The van der Waals surface area contributed by atoms with E-state index in [4.69, 9.17) is 0 Å². The highest BCUT2D eigenvalue weighted by Crippen LogP contribution is 2.23. The van der Waals surface area contributed by atoms with E-state index < -0.39 is 0 Å². The van der Waals surface area contributed by atoms with Crippen molar-refractivity contribution in [2.45, 2.75) is 84.0 Å². The second-order valence-electron chi connectivity index (χ2n) is 8.32. The molecule has 2 nitrogen and oxygen atoms in total. The molecule has 1 N–H and O–H groups in total. The number of anilines is 1. The van der Waals surface area contributed by atoms with Gasteiger partial charge in [-0.15, -0.1) is 0 Å². The van der Waals surface area contributed by atoms with E-state index in [-0.39, 0.29) is 5.91 Å². The van der Waals surface area contributed by atoms with Gasteiger partial charge in [-0.2, -0.15) is 0 Å². The molecule has 0 saturated carbocycles. The average molecular weight is 378 g/mol. The van der Waals surface area contributed by atoms with Gasteiger partial charge in [0.05, 0.1) is 0 Å². The minimum atomic E-state index is 0.0264. The number of hydrogen-bond acceptors (Lipinski definition) is 1. The Hall–Kier alpha value is -2.09. The Labute approximate surface area is 170 Å². The van der Waals surface area contributed by atoms with Crippen LogP contribution < -0.4 is 5.32 Å². The molecule has 0 saturated heterocycles. The van der Waals surface area contributed by atoms with E-state index in [1.807, 2.05) is 0 Å². The van der Waals surface area contributed by atoms with Crippen molar-refractivity contribution in [2.24, 2.45) is 0 Å². The van der Waals surface area contributed by atoms with E-state index in [1.165, 1.54) is 86.5 Å². The predicted molar refractivity (Wildman–Crippen MR) is 119 cm³/mol. The third-order valence-corrected chi connectivity index (χ3v) is 5.85. The van der Waals surface area contributed by atoms with Crippen LogP contribution in [0.15, 0.2) is 42.5 Å². The van der Waals surface area contributed by atoms with Crippen LogP contribution in [0.4, 0.5) is 5.69 Å². The van der Waals surface area contributed by atoms with Crippen molar-refractivity contribution in [2.75, 3.05) is 5.32 Å². The summed E-state index contributed by atoms with van der Waals surface area (Å²) in [6.07, 6.45) is 14.6. The molecule has 1 amide bonds. The van der Waals surface area contributed by atoms with E-state index in [0.29, 0.717) is 0 Å². The van der Waals surface area contributed by atoms with Crippen molar-refractivity contribution < 1.29 is 4.79 Å². The first kappa shape index (κ1) is 20.6. The minimum absolute atomic E-state index is 0.0264. The lowest BCUT2D eigenvalue weighted by Crippen LogP contribution is -2.09. The Morgan fingerprint density at radius 2 is 1.11 bits per heavy atom. The van der Waals surface area contributed by atoms with E-state index in [1.54, 1.807) is 6.92 Å². The highest BCUT2D eigenvalue weighted by Gasteiger charge is 2.07. The number of aryl methyl sites for hydroxylation is 4. The van der Waals surface area contributed by atoms with Crippen molar-refractivity contribution in [1.29, 1.82) is 0 Å². The molecule has 0 unspecified atom stereocenters. The molecule has 2 heteroatoms. The summed E-state index contributed by atoms with van der Waals surface area (Å²) in [4.78, 5) is 11.6. The molecule has 2 aromatic carbocycles. The van der Waals surface area contributed by atoms with Gasteiger partial charge in [-0.3, -0.25) is 4.79 Å². The monoisotopic (exact) mass is 377 g/mol. The first-order chi connectivity index (χ1) is 13.7. The van der Waals surface area contributed by atoms with Crippen molar-refractivity contribution in [3.05, 3.63) is 64.7 Å². The lowest BCUT2D eigenvalue weighted by Gasteiger charge is -2.13. The fourth-order valence-electron chi connectivity index (χ4n) is 4.19. The quantitative estimate of drug-likeness (QED) is 0.592. The van der Waals surface area contributed by atoms with Crippen LogP contribution in [-0.2, 0) is 30.5 Å². The Bertz CT molecular complexity index is 748. The lowest BCUT2D eigenvalue weighted by molar-refractivity contribution is -0.114. The largest absolute Gasteiger partial charge is 0.326 e. The number of carbonyl (C=O) groups is 1. The number of carbonyl (C=O) groups excluding carboxylic acids is 1. The molecule has 0 atom stereocenters. The summed E-state index contributed by atoms with van der Waals surface area (Å²) in [6.45, 7) is 1.60. The molecule has 4 aliphatic carbocycles. The van der Waals surface area contributed by atoms with Crippen molar-refractivity contribution in [3.8, 4) is 0 Å². The highest BCUT2D eigenvalue weighted by atomic mass is 16.1. The average Bonchev–Trinajstić information content (AvgIpc) is 2.68. The van der Waals surface area contributed by atoms with Crippen LogP contribution in [0.1, 0.15) is 80.5 Å². The van der Waals surface area contributed by atoms with Gasteiger partial charge in [0.2, 0.25) is 5.91 Å². The second-order valence-corrected chi connectivity index (χ2v) is 8.32. The zero-order chi connectivity index (χ0) is 19.6. The Morgan fingerprint density at radius 1 is 0.643 bits per heavy atom. The van der Waals surface area contributed by atoms with Gasteiger partial charge in [0.1, 0.15) is 0 Å². The molecular formula is C26H35NO. The Morgan fingerprint density at radius 3 is 1.64 bits per heavy atom. The van der Waals surface area contributed by atoms with Crippen LogP contribution in [-0.4, -0.2) is 5.91 Å². The highest BCUT2D eigenvalue weighted by molar-refractivity contribution is 5.89. The summed E-state index contributed by atoms with van der Waals surface area (Å²) >= 11 is 0. The molecule has 6 rings (SSSR count). The SMILES string of the molecule is CC(=O)Nc1cc2ccc1CCCCCCc1ccc(cc1)CCCCCC2. The third-order valence-electron chi connectivity index (χ3n) is 5.85. The molecule has 4 bridgehead atoms. The van der Waals surface area contributed by atoms with Gasteiger partial charge in [-0.25, -0.2) is 0 Å². The molecule has 2 aromatic rings. The van der Waals surface area contributed by atoms with Crippen molar-refractivity contribution in [3.63, 3.8) is 0 Å². The summed E-state index contributed by atoms with van der Waals surface area (Å²) in [7, 11) is 0. The summed E-state index contributed by atoms with van der Waals surface area (Å²) in [5.41, 5.74) is 6.61. The van der Waals surface area contributed by atoms with Crippen LogP contribution in [0.25, 0.3) is 0 Å². The van der Waals surface area contributed by atoms with Gasteiger partial charge in [0.15, 0.2) is 0 Å². The fourth-order valence-corrected chi connectivity index (χ4v) is 4.19. The van der Waals surface area contributed by atoms with Gasteiger partial charge in [-0.1, -0.05) is 62.1 Å². The molecule has 0 spiro atoms. The standard InChI is InChI=1S/C26H35NO/c1-21(28)27-26-20-24-12-8-3-2-6-10-22-14-16-23(17-15-22)11-7-4-5-9-13-25(26)19-18-24/h14-20H,2-13H2,1H3,(H,27,28). The molecule has 0 heterocycles. The van der Waals surface area contributed by atoms with Crippen LogP contribution in [0.3, 0.4) is 0 Å². The summed E-state index contributed by atoms with van der Waals surface area (Å²) in [5.74, 6) is 0.0264. The zero-order valence-corrected chi connectivity index (χ0v) is 17.4. The van der Waals surface area contributed by atoms with Gasteiger partial charge >= 0.3 is 0 Å². The van der Waals surface area contributed by atoms with Crippen molar-refractivity contribution in [1.82, 2.24) is 0 Å². The molecule has 150 valence electrons. The maximum Gasteiger partial charge on any atom is 0.221 e. The lowest BCUT2D eigenvalue weighted by atomic mass is 9.97. The Kier molecular flexibility index (Phi) is 8.14. The molecule has 28 heavy (non-hydrogen) atoms. The number of nitrogens with one attached hydrogen (secondary N) is 1. The maximum atomic E-state index is 11.6. The smallest absolute Gasteiger partial charge is 0.221 e. The molecular weight excluding hydrogens is 342 g/mol. The summed E-state index contributed by atoms with van der Waals surface area (Å²) in [6, 6.07) is 16.0. The third kappa shape index (κ3) is 6.82. The number of amides is 1. The molecule has 0 aliphatic heterocycles. The van der Waals surface area contributed by atoms with Gasteiger partial charge < -0.3 is 5.32 Å². The van der Waals surface area contributed by atoms with E-state index in [9.17, 15) is 4.79 Å². The second kappa shape index (κ2) is 11.0. The summed E-state index contributed by atoms with van der Waals surface area (Å²) < 4.78 is 0. The Balaban J connectivity index is 1.64. The first-order valence-electron chi connectivity index (χ1n) is 11.2. The van der Waals surface area contributed by atoms with Crippen LogP contribution in [0.5, 0.6) is 0 Å². The number of hydrogen-bond donors (Lipinski definition) is 1. The molecule has 0 fully saturated rings. The van der Waals surface area contributed by atoms with Crippen LogP contribution >= 0.6 is 0 Å².